The molecule has 0 heterocycles. The molecule has 0 amide bonds. The largest absolute Gasteiger partial charge is 0.371 e. The van der Waals surface area contributed by atoms with Gasteiger partial charge in [0, 0.05) is 38.4 Å². The Morgan fingerprint density at radius 2 is 1.71 bits per heavy atom. The lowest BCUT2D eigenvalue weighted by Gasteiger charge is -2.38. The summed E-state index contributed by atoms with van der Waals surface area (Å²) in [6, 6.07) is 4.63. The van der Waals surface area contributed by atoms with Crippen molar-refractivity contribution >= 4 is 25.7 Å². The molecule has 1 saturated carbocycles. The summed E-state index contributed by atoms with van der Waals surface area (Å²) in [5.41, 5.74) is 0.414. The van der Waals surface area contributed by atoms with E-state index in [0.29, 0.717) is 5.69 Å². The van der Waals surface area contributed by atoms with E-state index in [2.05, 4.69) is 0 Å². The molecule has 2 N–H and O–H groups in total. The maximum absolute atomic E-state index is 15.3. The summed E-state index contributed by atoms with van der Waals surface area (Å²) >= 11 is 0. The predicted molar refractivity (Wildman–Crippen MR) is 121 cm³/mol. The topological polar surface area (TPSA) is 101 Å². The third kappa shape index (κ3) is 4.30. The van der Waals surface area contributed by atoms with E-state index in [1.165, 1.54) is 38.4 Å². The van der Waals surface area contributed by atoms with Crippen LogP contribution in [-0.2, 0) is 24.8 Å². The average molecular weight is 472 g/mol. The summed E-state index contributed by atoms with van der Waals surface area (Å²) in [6.45, 7) is 0. The third-order valence-corrected chi connectivity index (χ3v) is 9.71. The van der Waals surface area contributed by atoms with E-state index in [1.54, 1.807) is 12.1 Å². The Labute approximate surface area is 184 Å². The molecule has 1 atom stereocenters. The third-order valence-electron chi connectivity index (χ3n) is 6.33. The van der Waals surface area contributed by atoms with Gasteiger partial charge in [-0.15, -0.1) is 0 Å². The zero-order valence-electron chi connectivity index (χ0n) is 18.1. The molecule has 7 nitrogen and oxygen atoms in total. The van der Waals surface area contributed by atoms with Crippen molar-refractivity contribution < 1.29 is 21.2 Å². The van der Waals surface area contributed by atoms with Gasteiger partial charge in [-0.25, -0.2) is 30.7 Å². The molecule has 172 valence electrons. The van der Waals surface area contributed by atoms with Crippen molar-refractivity contribution in [1.29, 1.82) is 0 Å². The van der Waals surface area contributed by atoms with E-state index in [-0.39, 0.29) is 22.9 Å². The summed E-state index contributed by atoms with van der Waals surface area (Å²) in [7, 11) is -3.49. The van der Waals surface area contributed by atoms with Crippen LogP contribution < -0.4 is 10.0 Å². The van der Waals surface area contributed by atoms with Crippen LogP contribution in [0.2, 0.25) is 0 Å². The average Bonchev–Trinajstić information content (AvgIpc) is 2.72. The molecule has 0 radical (unpaired) electrons. The van der Waals surface area contributed by atoms with Crippen LogP contribution in [0.3, 0.4) is 0 Å². The van der Waals surface area contributed by atoms with Crippen LogP contribution in [0.1, 0.15) is 44.1 Å². The second-order valence-electron chi connectivity index (χ2n) is 8.40. The van der Waals surface area contributed by atoms with Crippen LogP contribution >= 0.6 is 0 Å². The van der Waals surface area contributed by atoms with Gasteiger partial charge in [0.1, 0.15) is 10.6 Å². The van der Waals surface area contributed by atoms with Crippen LogP contribution in [0, 0.1) is 5.82 Å². The molecule has 2 aliphatic carbocycles. The highest BCUT2D eigenvalue weighted by atomic mass is 32.2. The van der Waals surface area contributed by atoms with Crippen LogP contribution in [0.4, 0.5) is 10.1 Å². The zero-order chi connectivity index (χ0) is 23.0. The number of benzene rings is 1. The van der Waals surface area contributed by atoms with Crippen molar-refractivity contribution in [3.63, 3.8) is 0 Å². The van der Waals surface area contributed by atoms with Crippen LogP contribution in [0.15, 0.2) is 41.3 Å². The first-order valence-corrected chi connectivity index (χ1v) is 13.3. The van der Waals surface area contributed by atoms with Gasteiger partial charge in [-0.05, 0) is 37.5 Å². The highest BCUT2D eigenvalue weighted by Crippen LogP contribution is 2.45. The second-order valence-corrected chi connectivity index (χ2v) is 12.4. The highest BCUT2D eigenvalue weighted by molar-refractivity contribution is 7.93. The maximum Gasteiger partial charge on any atom is 0.242 e. The van der Waals surface area contributed by atoms with Crippen LogP contribution in [0.5, 0.6) is 0 Å². The highest BCUT2D eigenvalue weighted by Gasteiger charge is 2.47. The Hall–Kier alpha value is -1.75. The Balaban J connectivity index is 2.15. The van der Waals surface area contributed by atoms with Gasteiger partial charge in [-0.2, -0.15) is 0 Å². The van der Waals surface area contributed by atoms with E-state index in [9.17, 15) is 16.8 Å². The van der Waals surface area contributed by atoms with Crippen LogP contribution in [-0.4, -0.2) is 48.3 Å². The van der Waals surface area contributed by atoms with Gasteiger partial charge in [0.25, 0.3) is 0 Å². The number of nitrogens with zero attached hydrogens (tertiary/aromatic N) is 2. The fourth-order valence-corrected chi connectivity index (χ4v) is 6.45. The number of primary sulfonamides is 1. The molecule has 0 bridgehead atoms. The molecule has 0 aromatic heterocycles. The van der Waals surface area contributed by atoms with Gasteiger partial charge < -0.3 is 4.90 Å². The van der Waals surface area contributed by atoms with Crippen molar-refractivity contribution in [2.45, 2.75) is 49.3 Å². The van der Waals surface area contributed by atoms with E-state index < -0.39 is 30.6 Å². The molecule has 3 rings (SSSR count). The van der Waals surface area contributed by atoms with E-state index in [4.69, 9.17) is 5.14 Å². The van der Waals surface area contributed by atoms with Gasteiger partial charge in [0.05, 0.1) is 4.91 Å². The van der Waals surface area contributed by atoms with Gasteiger partial charge >= 0.3 is 0 Å². The molecule has 31 heavy (non-hydrogen) atoms. The lowest BCUT2D eigenvalue weighted by atomic mass is 9.87. The van der Waals surface area contributed by atoms with Crippen molar-refractivity contribution in [2.24, 2.45) is 5.14 Å². The maximum atomic E-state index is 15.3. The van der Waals surface area contributed by atoms with E-state index in [1.807, 2.05) is 11.9 Å². The van der Waals surface area contributed by atoms with Crippen LogP contribution in [0.25, 0.3) is 0 Å². The molecule has 0 spiro atoms. The monoisotopic (exact) mass is 471 g/mol. The summed E-state index contributed by atoms with van der Waals surface area (Å²) in [6.07, 6.45) is 8.61. The number of rotatable bonds is 6. The number of nitrogens with two attached hydrogens (primary N) is 1. The fraction of sp³-hybridized carbons (Fsp3) is 0.524. The van der Waals surface area contributed by atoms with Gasteiger partial charge in [-0.3, -0.25) is 0 Å². The molecular formula is C21H30FN3O4S2. The minimum absolute atomic E-state index is 0.0422. The molecule has 0 saturated heterocycles. The van der Waals surface area contributed by atoms with Gasteiger partial charge in [0.15, 0.2) is 0 Å². The van der Waals surface area contributed by atoms with Gasteiger partial charge in [0.2, 0.25) is 20.0 Å². The number of hydrogen-bond donors (Lipinski definition) is 1. The van der Waals surface area contributed by atoms with E-state index >= 15 is 4.39 Å². The minimum atomic E-state index is -4.35. The first-order chi connectivity index (χ1) is 14.4. The molecular weight excluding hydrogens is 441 g/mol. The number of hydrogen-bond acceptors (Lipinski definition) is 5. The summed E-state index contributed by atoms with van der Waals surface area (Å²) in [5, 5.41) is 5.65. The second kappa shape index (κ2) is 8.65. The minimum Gasteiger partial charge on any atom is -0.371 e. The zero-order valence-corrected chi connectivity index (χ0v) is 19.7. The molecule has 1 unspecified atom stereocenters. The summed E-state index contributed by atoms with van der Waals surface area (Å²) in [5.74, 6) is -0.689. The first kappa shape index (κ1) is 23.9. The fourth-order valence-electron chi connectivity index (χ4n) is 4.44. The Bertz CT molecular complexity index is 1110. The molecule has 1 aromatic rings. The number of allylic oxidation sites excluding steroid dienone is 2. The van der Waals surface area contributed by atoms with E-state index in [0.717, 1.165) is 36.4 Å². The van der Waals surface area contributed by atoms with Crippen molar-refractivity contribution in [3.05, 3.63) is 52.7 Å². The molecule has 2 aliphatic rings. The number of halogens is 1. The number of sulfonamides is 2. The lowest BCUT2D eigenvalue weighted by molar-refractivity contribution is 0.425. The molecule has 1 fully saturated rings. The predicted octanol–water partition coefficient (Wildman–Crippen LogP) is 2.81. The molecule has 1 aromatic carbocycles. The van der Waals surface area contributed by atoms with Crippen molar-refractivity contribution in [1.82, 2.24) is 4.31 Å². The normalized spacial score (nSPS) is 23.1. The smallest absolute Gasteiger partial charge is 0.242 e. The lowest BCUT2D eigenvalue weighted by Crippen LogP contribution is -2.43. The molecule has 10 heteroatoms. The summed E-state index contributed by atoms with van der Waals surface area (Å²) < 4.78 is 65.1. The Morgan fingerprint density at radius 1 is 1.06 bits per heavy atom. The van der Waals surface area contributed by atoms with Crippen molar-refractivity contribution in [2.75, 3.05) is 26.0 Å². The van der Waals surface area contributed by atoms with Crippen molar-refractivity contribution in [3.8, 4) is 0 Å². The Morgan fingerprint density at radius 3 is 2.23 bits per heavy atom. The quantitative estimate of drug-likeness (QED) is 0.688. The first-order valence-electron chi connectivity index (χ1n) is 10.3. The SMILES string of the molecule is CN(c1cccc(F)c1C1(S(N)(=O)=O)C=CC(S(=O)(=O)N(C)C)=CC1)C1CCCCC1. The molecule has 0 aliphatic heterocycles. The summed E-state index contributed by atoms with van der Waals surface area (Å²) in [4.78, 5) is 1.89. The number of anilines is 1. The standard InChI is InChI=1S/C21H30FN3O4S2/c1-24(2)30(26,27)17-12-14-21(15-13-17,31(23,28)29)20-18(22)10-7-11-19(20)25(3)16-8-5-4-6-9-16/h7,10-14,16H,4-6,8-9,15H2,1-3H3,(H2,23,28,29). The Kier molecular flexibility index (Phi) is 6.67. The van der Waals surface area contributed by atoms with Gasteiger partial charge in [-0.1, -0.05) is 37.5 Å².